The van der Waals surface area contributed by atoms with Crippen LogP contribution in [0.3, 0.4) is 0 Å². The fourth-order valence-electron chi connectivity index (χ4n) is 3.06. The molecule has 7 heteroatoms. The Morgan fingerprint density at radius 3 is 1.90 bits per heavy atom. The van der Waals surface area contributed by atoms with E-state index in [2.05, 4.69) is 0 Å². The minimum atomic E-state index is -1.05. The van der Waals surface area contributed by atoms with Crippen molar-refractivity contribution in [3.63, 3.8) is 0 Å². The molecule has 0 aromatic rings. The van der Waals surface area contributed by atoms with E-state index in [1.165, 1.54) is 9.96 Å². The maximum Gasteiger partial charge on any atom is 0.317 e. The molecule has 1 atom stereocenters. The van der Waals surface area contributed by atoms with Crippen LogP contribution in [-0.4, -0.2) is 68.0 Å². The van der Waals surface area contributed by atoms with Gasteiger partial charge in [0.1, 0.15) is 0 Å². The summed E-state index contributed by atoms with van der Waals surface area (Å²) in [6.07, 6.45) is 0.673. The van der Waals surface area contributed by atoms with Crippen molar-refractivity contribution in [1.29, 1.82) is 0 Å². The third-order valence-electron chi connectivity index (χ3n) is 4.06. The number of carboxylic acids is 2. The lowest BCUT2D eigenvalue weighted by Gasteiger charge is -2.37. The molecule has 0 aliphatic carbocycles. The number of hydroxylamine groups is 2. The van der Waals surface area contributed by atoms with E-state index in [9.17, 15) is 14.8 Å². The van der Waals surface area contributed by atoms with Crippen LogP contribution in [0.25, 0.3) is 0 Å². The molecule has 0 amide bonds. The minimum absolute atomic E-state index is 0.0128. The molecule has 7 nitrogen and oxygen atoms in total. The summed E-state index contributed by atoms with van der Waals surface area (Å²) in [4.78, 5) is 23.0. The molecule has 3 N–H and O–H groups in total. The van der Waals surface area contributed by atoms with Gasteiger partial charge in [-0.05, 0) is 40.0 Å². The summed E-state index contributed by atoms with van der Waals surface area (Å²) in [6, 6.07) is 0. The molecule has 0 aromatic carbocycles. The monoisotopic (exact) mass is 288 g/mol. The van der Waals surface area contributed by atoms with Crippen molar-refractivity contribution >= 4 is 11.9 Å². The normalized spacial score (nSPS) is 25.0. The van der Waals surface area contributed by atoms with Gasteiger partial charge in [-0.3, -0.25) is 14.5 Å². The summed E-state index contributed by atoms with van der Waals surface area (Å²) in [5, 5.41) is 29.2. The van der Waals surface area contributed by atoms with Gasteiger partial charge >= 0.3 is 11.9 Å². The topological polar surface area (TPSA) is 101 Å². The molecule has 116 valence electrons. The van der Waals surface area contributed by atoms with E-state index >= 15 is 0 Å². The Bertz CT molecular complexity index is 378. The minimum Gasteiger partial charge on any atom is -0.480 e. The molecule has 1 heterocycles. The zero-order valence-electron chi connectivity index (χ0n) is 12.5. The first kappa shape index (κ1) is 16.9. The largest absolute Gasteiger partial charge is 0.480 e. The Kier molecular flexibility index (Phi) is 4.78. The van der Waals surface area contributed by atoms with Gasteiger partial charge in [-0.25, -0.2) is 0 Å². The summed E-state index contributed by atoms with van der Waals surface area (Å²) in [5.41, 5.74) is -0.939. The van der Waals surface area contributed by atoms with Gasteiger partial charge in [-0.2, -0.15) is 5.06 Å². The van der Waals surface area contributed by atoms with E-state index in [0.29, 0.717) is 13.0 Å². The Labute approximate surface area is 118 Å². The van der Waals surface area contributed by atoms with Gasteiger partial charge in [0.15, 0.2) is 0 Å². The predicted octanol–water partition coefficient (Wildman–Crippen LogP) is 0.726. The van der Waals surface area contributed by atoms with Crippen LogP contribution in [0.2, 0.25) is 0 Å². The predicted molar refractivity (Wildman–Crippen MR) is 71.6 cm³/mol. The van der Waals surface area contributed by atoms with Crippen molar-refractivity contribution in [2.24, 2.45) is 5.92 Å². The second-order valence-corrected chi connectivity index (χ2v) is 6.64. The molecule has 0 saturated carbocycles. The number of hydrogen-bond acceptors (Lipinski definition) is 5. The Morgan fingerprint density at radius 2 is 1.60 bits per heavy atom. The van der Waals surface area contributed by atoms with E-state index < -0.39 is 23.0 Å². The summed E-state index contributed by atoms with van der Waals surface area (Å²) < 4.78 is 0. The van der Waals surface area contributed by atoms with Crippen molar-refractivity contribution in [2.45, 2.75) is 45.2 Å². The van der Waals surface area contributed by atoms with Gasteiger partial charge in [-0.1, -0.05) is 0 Å². The molecule has 0 spiro atoms. The van der Waals surface area contributed by atoms with E-state index in [1.807, 2.05) is 27.7 Å². The molecular weight excluding hydrogens is 264 g/mol. The van der Waals surface area contributed by atoms with Gasteiger partial charge in [0.05, 0.1) is 13.1 Å². The lowest BCUT2D eigenvalue weighted by atomic mass is 9.86. The third kappa shape index (κ3) is 3.68. The highest BCUT2D eigenvalue weighted by Crippen LogP contribution is 2.43. The third-order valence-corrected chi connectivity index (χ3v) is 4.06. The van der Waals surface area contributed by atoms with E-state index in [0.717, 1.165) is 0 Å². The Balaban J connectivity index is 2.82. The zero-order valence-corrected chi connectivity index (χ0v) is 12.5. The van der Waals surface area contributed by atoms with Crippen LogP contribution in [-0.2, 0) is 9.59 Å². The second kappa shape index (κ2) is 5.67. The van der Waals surface area contributed by atoms with Crippen molar-refractivity contribution in [2.75, 3.05) is 19.6 Å². The molecule has 0 aromatic heterocycles. The van der Waals surface area contributed by atoms with Crippen molar-refractivity contribution < 1.29 is 25.0 Å². The van der Waals surface area contributed by atoms with Crippen LogP contribution in [0.4, 0.5) is 0 Å². The number of carbonyl (C=O) groups is 2. The van der Waals surface area contributed by atoms with Gasteiger partial charge in [0.2, 0.25) is 0 Å². The standard InChI is InChI=1S/C13H24N2O5/c1-12(2)5-9(13(3,4)15(12)20)6-14(7-10(16)17)8-11(18)19/h9,20H,5-8H2,1-4H3,(H,16,17)(H,18,19). The van der Waals surface area contributed by atoms with Gasteiger partial charge in [0.25, 0.3) is 0 Å². The zero-order chi connectivity index (χ0) is 15.7. The molecule has 1 aliphatic rings. The molecule has 20 heavy (non-hydrogen) atoms. The van der Waals surface area contributed by atoms with Gasteiger partial charge in [-0.15, -0.1) is 0 Å². The van der Waals surface area contributed by atoms with Crippen LogP contribution in [0, 0.1) is 5.92 Å². The summed E-state index contributed by atoms with van der Waals surface area (Å²) in [5.74, 6) is -2.12. The van der Waals surface area contributed by atoms with Crippen molar-refractivity contribution in [1.82, 2.24) is 9.96 Å². The average molecular weight is 288 g/mol. The maximum absolute atomic E-state index is 10.8. The quantitative estimate of drug-likeness (QED) is 0.662. The Hall–Kier alpha value is -1.18. The summed E-state index contributed by atoms with van der Waals surface area (Å²) in [6.45, 7) is 7.28. The summed E-state index contributed by atoms with van der Waals surface area (Å²) >= 11 is 0. The van der Waals surface area contributed by atoms with E-state index in [1.54, 1.807) is 0 Å². The molecule has 0 bridgehead atoms. The fraction of sp³-hybridized carbons (Fsp3) is 0.846. The van der Waals surface area contributed by atoms with E-state index in [4.69, 9.17) is 10.2 Å². The number of rotatable bonds is 6. The average Bonchev–Trinajstić information content (AvgIpc) is 2.37. The Morgan fingerprint density at radius 1 is 1.15 bits per heavy atom. The fourth-order valence-corrected chi connectivity index (χ4v) is 3.06. The molecular formula is C13H24N2O5. The summed E-state index contributed by atoms with van der Waals surface area (Å²) in [7, 11) is 0. The van der Waals surface area contributed by atoms with Gasteiger partial charge in [0, 0.05) is 17.6 Å². The van der Waals surface area contributed by atoms with Gasteiger partial charge < -0.3 is 15.4 Å². The highest BCUT2D eigenvalue weighted by molar-refractivity contribution is 5.72. The molecule has 1 fully saturated rings. The maximum atomic E-state index is 10.8. The smallest absolute Gasteiger partial charge is 0.317 e. The SMILES string of the molecule is CC1(C)CC(CN(CC(=O)O)CC(=O)O)C(C)(C)N1O. The highest BCUT2D eigenvalue weighted by Gasteiger charge is 2.51. The van der Waals surface area contributed by atoms with Crippen LogP contribution in [0.5, 0.6) is 0 Å². The second-order valence-electron chi connectivity index (χ2n) is 6.64. The molecule has 1 aliphatic heterocycles. The first-order chi connectivity index (χ1) is 8.96. The lowest BCUT2D eigenvalue weighted by Crippen LogP contribution is -2.49. The first-order valence-corrected chi connectivity index (χ1v) is 6.62. The number of nitrogens with zero attached hydrogens (tertiary/aromatic N) is 2. The van der Waals surface area contributed by atoms with Crippen LogP contribution in [0.1, 0.15) is 34.1 Å². The van der Waals surface area contributed by atoms with E-state index in [-0.39, 0.29) is 19.0 Å². The number of carboxylic acid groups (broad SMARTS) is 2. The molecule has 1 rings (SSSR count). The molecule has 1 unspecified atom stereocenters. The van der Waals surface area contributed by atoms with Crippen LogP contribution >= 0.6 is 0 Å². The van der Waals surface area contributed by atoms with Crippen molar-refractivity contribution in [3.8, 4) is 0 Å². The van der Waals surface area contributed by atoms with Crippen LogP contribution in [0.15, 0.2) is 0 Å². The highest BCUT2D eigenvalue weighted by atomic mass is 16.5. The molecule has 1 saturated heterocycles. The number of aliphatic carboxylic acids is 2. The lowest BCUT2D eigenvalue weighted by molar-refractivity contribution is -0.197. The van der Waals surface area contributed by atoms with Crippen molar-refractivity contribution in [3.05, 3.63) is 0 Å². The molecule has 0 radical (unpaired) electrons. The number of hydrogen-bond donors (Lipinski definition) is 3. The van der Waals surface area contributed by atoms with Crippen LogP contribution < -0.4 is 0 Å². The first-order valence-electron chi connectivity index (χ1n) is 6.62.